The molecule has 22 heavy (non-hydrogen) atoms. The highest BCUT2D eigenvalue weighted by Gasteiger charge is 2.41. The van der Waals surface area contributed by atoms with Crippen molar-refractivity contribution in [2.24, 2.45) is 5.73 Å². The number of aryl methyl sites for hydroxylation is 2. The molecule has 0 bridgehead atoms. The van der Waals surface area contributed by atoms with Crippen LogP contribution < -0.4 is 10.6 Å². The van der Waals surface area contributed by atoms with Crippen LogP contribution in [-0.2, 0) is 12.0 Å². The van der Waals surface area contributed by atoms with E-state index < -0.39 is 0 Å². The van der Waals surface area contributed by atoms with Gasteiger partial charge in [-0.1, -0.05) is 0 Å². The van der Waals surface area contributed by atoms with E-state index in [0.717, 1.165) is 61.7 Å². The van der Waals surface area contributed by atoms with E-state index in [2.05, 4.69) is 27.0 Å². The van der Waals surface area contributed by atoms with Gasteiger partial charge in [-0.3, -0.25) is 4.98 Å². The van der Waals surface area contributed by atoms with Gasteiger partial charge in [-0.15, -0.1) is 0 Å². The fourth-order valence-corrected chi connectivity index (χ4v) is 3.11. The Labute approximate surface area is 130 Å². The molecule has 1 aliphatic heterocycles. The van der Waals surface area contributed by atoms with Crippen molar-refractivity contribution in [3.63, 3.8) is 0 Å². The van der Waals surface area contributed by atoms with E-state index in [1.807, 2.05) is 19.2 Å². The fourth-order valence-electron chi connectivity index (χ4n) is 3.11. The van der Waals surface area contributed by atoms with Crippen molar-refractivity contribution >= 4 is 11.5 Å². The van der Waals surface area contributed by atoms with Crippen molar-refractivity contribution in [2.45, 2.75) is 44.6 Å². The van der Waals surface area contributed by atoms with Crippen LogP contribution in [0.5, 0.6) is 0 Å². The Balaban J connectivity index is 1.76. The summed E-state index contributed by atoms with van der Waals surface area (Å²) in [6.45, 7) is 2.90. The van der Waals surface area contributed by atoms with Gasteiger partial charge in [0.25, 0.3) is 0 Å². The second-order valence-corrected chi connectivity index (χ2v) is 6.39. The van der Waals surface area contributed by atoms with Gasteiger partial charge < -0.3 is 10.6 Å². The van der Waals surface area contributed by atoms with Crippen LogP contribution in [-0.4, -0.2) is 21.5 Å². The molecule has 0 amide bonds. The molecule has 2 N–H and O–H groups in total. The zero-order valence-electron chi connectivity index (χ0n) is 12.9. The molecule has 114 valence electrons. The number of anilines is 2. The van der Waals surface area contributed by atoms with E-state index in [0.29, 0.717) is 0 Å². The summed E-state index contributed by atoms with van der Waals surface area (Å²) in [5.74, 6) is 1.76. The minimum absolute atomic E-state index is 0.169. The minimum atomic E-state index is -0.169. The average Bonchev–Trinajstić information content (AvgIpc) is 3.29. The van der Waals surface area contributed by atoms with Crippen LogP contribution in [0, 0.1) is 6.92 Å². The molecule has 0 aromatic carbocycles. The Morgan fingerprint density at radius 2 is 2.00 bits per heavy atom. The van der Waals surface area contributed by atoms with Crippen molar-refractivity contribution in [1.82, 2.24) is 15.0 Å². The largest absolute Gasteiger partial charge is 0.325 e. The Morgan fingerprint density at radius 1 is 1.14 bits per heavy atom. The molecule has 0 atom stereocenters. The normalized spacial score (nSPS) is 19.5. The highest BCUT2D eigenvalue weighted by molar-refractivity contribution is 5.63. The molecular formula is C17H21N5. The van der Waals surface area contributed by atoms with Crippen LogP contribution in [0.25, 0.3) is 0 Å². The van der Waals surface area contributed by atoms with Crippen LogP contribution in [0.2, 0.25) is 0 Å². The summed E-state index contributed by atoms with van der Waals surface area (Å²) in [6.07, 6.45) is 7.23. The molecule has 2 aromatic rings. The molecule has 5 nitrogen and oxygen atoms in total. The summed E-state index contributed by atoms with van der Waals surface area (Å²) < 4.78 is 0. The number of aromatic nitrogens is 3. The van der Waals surface area contributed by atoms with Crippen molar-refractivity contribution < 1.29 is 0 Å². The lowest BCUT2D eigenvalue weighted by atomic mass is 10.1. The Bertz CT molecular complexity index is 708. The highest BCUT2D eigenvalue weighted by atomic mass is 15.2. The summed E-state index contributed by atoms with van der Waals surface area (Å²) in [5.41, 5.74) is 9.51. The zero-order valence-corrected chi connectivity index (χ0v) is 12.9. The standard InChI is InChI=1S/C17H21N5/c1-12-19-10-7-16(20-12)22-11-3-2-4-13-14(22)5-6-15(21-13)17(18)8-9-17/h5-7,10H,2-4,8-9,11,18H2,1H3. The SMILES string of the molecule is Cc1nccc(N2CCCCc3nc(C4(N)CC4)ccc32)n1. The second-order valence-electron chi connectivity index (χ2n) is 6.39. The summed E-state index contributed by atoms with van der Waals surface area (Å²) in [5, 5.41) is 0. The zero-order chi connectivity index (χ0) is 15.2. The Kier molecular flexibility index (Phi) is 3.11. The predicted octanol–water partition coefficient (Wildman–Crippen LogP) is 2.60. The van der Waals surface area contributed by atoms with Crippen LogP contribution >= 0.6 is 0 Å². The molecule has 1 aliphatic carbocycles. The lowest BCUT2D eigenvalue weighted by Crippen LogP contribution is -2.23. The van der Waals surface area contributed by atoms with Gasteiger partial charge in [0.15, 0.2) is 0 Å². The van der Waals surface area contributed by atoms with Gasteiger partial charge in [0.2, 0.25) is 0 Å². The van der Waals surface area contributed by atoms with E-state index in [1.54, 1.807) is 0 Å². The van der Waals surface area contributed by atoms with Gasteiger partial charge >= 0.3 is 0 Å². The molecule has 0 radical (unpaired) electrons. The number of fused-ring (bicyclic) bond motifs is 1. The summed E-state index contributed by atoms with van der Waals surface area (Å²) >= 11 is 0. The smallest absolute Gasteiger partial charge is 0.136 e. The third-order valence-electron chi connectivity index (χ3n) is 4.62. The third-order valence-corrected chi connectivity index (χ3v) is 4.62. The van der Waals surface area contributed by atoms with Crippen molar-refractivity contribution in [2.75, 3.05) is 11.4 Å². The molecule has 1 saturated carbocycles. The fraction of sp³-hybridized carbons (Fsp3) is 0.471. The minimum Gasteiger partial charge on any atom is -0.325 e. The molecule has 1 fully saturated rings. The molecule has 2 aromatic heterocycles. The lowest BCUT2D eigenvalue weighted by Gasteiger charge is -2.24. The Morgan fingerprint density at radius 3 is 2.77 bits per heavy atom. The van der Waals surface area contributed by atoms with Crippen molar-refractivity contribution in [3.05, 3.63) is 41.6 Å². The molecule has 4 rings (SSSR count). The number of nitrogens with zero attached hydrogens (tertiary/aromatic N) is 4. The third kappa shape index (κ3) is 2.35. The first-order valence-electron chi connectivity index (χ1n) is 8.02. The summed E-state index contributed by atoms with van der Waals surface area (Å²) in [4.78, 5) is 15.9. The van der Waals surface area contributed by atoms with E-state index in [1.165, 1.54) is 5.69 Å². The first-order valence-corrected chi connectivity index (χ1v) is 8.02. The van der Waals surface area contributed by atoms with Crippen LogP contribution in [0.4, 0.5) is 11.5 Å². The summed E-state index contributed by atoms with van der Waals surface area (Å²) in [6, 6.07) is 6.24. The average molecular weight is 295 g/mol. The molecule has 0 saturated heterocycles. The van der Waals surface area contributed by atoms with E-state index in [4.69, 9.17) is 10.7 Å². The van der Waals surface area contributed by atoms with Crippen molar-refractivity contribution in [1.29, 1.82) is 0 Å². The number of hydrogen-bond donors (Lipinski definition) is 1. The Hall–Kier alpha value is -2.01. The first kappa shape index (κ1) is 13.6. The molecule has 3 heterocycles. The van der Waals surface area contributed by atoms with Crippen LogP contribution in [0.15, 0.2) is 24.4 Å². The van der Waals surface area contributed by atoms with Crippen LogP contribution in [0.1, 0.15) is 42.9 Å². The second kappa shape index (κ2) is 5.02. The number of rotatable bonds is 2. The summed E-state index contributed by atoms with van der Waals surface area (Å²) in [7, 11) is 0. The van der Waals surface area contributed by atoms with Gasteiger partial charge in [0.05, 0.1) is 22.6 Å². The lowest BCUT2D eigenvalue weighted by molar-refractivity contribution is 0.694. The quantitative estimate of drug-likeness (QED) is 0.922. The van der Waals surface area contributed by atoms with E-state index in [9.17, 15) is 0 Å². The van der Waals surface area contributed by atoms with Gasteiger partial charge in [0, 0.05) is 12.7 Å². The van der Waals surface area contributed by atoms with Gasteiger partial charge in [-0.2, -0.15) is 0 Å². The molecule has 0 unspecified atom stereocenters. The molecule has 5 heteroatoms. The maximum atomic E-state index is 6.31. The number of nitrogens with two attached hydrogens (primary N) is 1. The van der Waals surface area contributed by atoms with Crippen LogP contribution in [0.3, 0.4) is 0 Å². The van der Waals surface area contributed by atoms with Gasteiger partial charge in [-0.05, 0) is 57.2 Å². The monoisotopic (exact) mass is 295 g/mol. The maximum absolute atomic E-state index is 6.31. The highest BCUT2D eigenvalue weighted by Crippen LogP contribution is 2.43. The van der Waals surface area contributed by atoms with Crippen molar-refractivity contribution in [3.8, 4) is 0 Å². The number of hydrogen-bond acceptors (Lipinski definition) is 5. The van der Waals surface area contributed by atoms with Gasteiger partial charge in [-0.25, -0.2) is 9.97 Å². The maximum Gasteiger partial charge on any atom is 0.136 e. The van der Waals surface area contributed by atoms with Gasteiger partial charge in [0.1, 0.15) is 11.6 Å². The van der Waals surface area contributed by atoms with E-state index in [-0.39, 0.29) is 5.54 Å². The predicted molar refractivity (Wildman–Crippen MR) is 86.0 cm³/mol. The molecular weight excluding hydrogens is 274 g/mol. The molecule has 2 aliphatic rings. The molecule has 0 spiro atoms. The van der Waals surface area contributed by atoms with E-state index >= 15 is 0 Å². The topological polar surface area (TPSA) is 67.9 Å². The first-order chi connectivity index (χ1) is 10.7. The number of pyridine rings is 1.